The molecule has 0 aliphatic carbocycles. The van der Waals surface area contributed by atoms with E-state index in [-0.39, 0.29) is 24.8 Å². The van der Waals surface area contributed by atoms with E-state index >= 15 is 0 Å². The van der Waals surface area contributed by atoms with Crippen LogP contribution in [0.4, 0.5) is 0 Å². The molecule has 0 amide bonds. The molecule has 0 saturated carbocycles. The molecule has 0 rings (SSSR count). The number of quaternary nitrogens is 2. The van der Waals surface area contributed by atoms with Gasteiger partial charge in [0, 0.05) is 0 Å². The third kappa shape index (κ3) is 19.1. The van der Waals surface area contributed by atoms with Crippen molar-refractivity contribution in [3.8, 4) is 0 Å². The lowest BCUT2D eigenvalue weighted by atomic mass is 10.2. The summed E-state index contributed by atoms with van der Waals surface area (Å²) in [5.41, 5.74) is 0. The second-order valence-electron chi connectivity index (χ2n) is 3.97. The Morgan fingerprint density at radius 2 is 0.923 bits per heavy atom. The van der Waals surface area contributed by atoms with Crippen LogP contribution in [0.5, 0.6) is 0 Å². The average Bonchev–Trinajstić information content (AvgIpc) is 1.85. The van der Waals surface area contributed by atoms with Gasteiger partial charge >= 0.3 is 0 Å². The number of hydrogen-bond donors (Lipinski definition) is 2. The molecule has 0 fully saturated rings. The first kappa shape index (κ1) is 19.1. The maximum Gasteiger partial charge on any atom is 0.0766 e. The molecular formula is C9H24Cl2N2. The van der Waals surface area contributed by atoms with Gasteiger partial charge in [-0.05, 0) is 19.3 Å². The van der Waals surface area contributed by atoms with Crippen LogP contribution in [0.1, 0.15) is 19.3 Å². The predicted octanol–water partition coefficient (Wildman–Crippen LogP) is -7.55. The summed E-state index contributed by atoms with van der Waals surface area (Å²) in [6, 6.07) is 0. The second-order valence-corrected chi connectivity index (χ2v) is 3.97. The van der Waals surface area contributed by atoms with Crippen molar-refractivity contribution in [2.45, 2.75) is 19.3 Å². The molecule has 0 spiro atoms. The summed E-state index contributed by atoms with van der Waals surface area (Å²) in [4.78, 5) is 3.14. The zero-order chi connectivity index (χ0) is 8.69. The van der Waals surface area contributed by atoms with Crippen molar-refractivity contribution in [3.63, 3.8) is 0 Å². The lowest BCUT2D eigenvalue weighted by Crippen LogP contribution is -3.06. The molecule has 0 aromatic carbocycles. The molecule has 2 nitrogen and oxygen atoms in total. The lowest BCUT2D eigenvalue weighted by Gasteiger charge is -2.08. The molecular weight excluding hydrogens is 207 g/mol. The van der Waals surface area contributed by atoms with E-state index in [1.807, 2.05) is 0 Å². The first-order valence-electron chi connectivity index (χ1n) is 4.71. The Hall–Kier alpha value is 0.500. The zero-order valence-electron chi connectivity index (χ0n) is 9.29. The Morgan fingerprint density at radius 3 is 1.15 bits per heavy atom. The van der Waals surface area contributed by atoms with Gasteiger partial charge in [0.15, 0.2) is 0 Å². The van der Waals surface area contributed by atoms with E-state index in [1.165, 1.54) is 32.4 Å². The van der Waals surface area contributed by atoms with Gasteiger partial charge in [-0.2, -0.15) is 0 Å². The smallest absolute Gasteiger partial charge is 0.0766 e. The number of nitrogens with one attached hydrogen (secondary N) is 2. The maximum absolute atomic E-state index is 2.22. The summed E-state index contributed by atoms with van der Waals surface area (Å²) in [6.45, 7) is 2.64. The van der Waals surface area contributed by atoms with Crippen molar-refractivity contribution in [1.82, 2.24) is 0 Å². The number of hydrogen-bond acceptors (Lipinski definition) is 0. The minimum atomic E-state index is 0. The molecule has 4 heteroatoms. The van der Waals surface area contributed by atoms with E-state index in [2.05, 4.69) is 28.2 Å². The molecule has 0 aliphatic rings. The van der Waals surface area contributed by atoms with Gasteiger partial charge in [0.2, 0.25) is 0 Å². The van der Waals surface area contributed by atoms with Crippen molar-refractivity contribution in [3.05, 3.63) is 0 Å². The lowest BCUT2D eigenvalue weighted by molar-refractivity contribution is -0.860. The normalized spacial score (nSPS) is 9.69. The fraction of sp³-hybridized carbons (Fsp3) is 1.00. The molecule has 0 radical (unpaired) electrons. The van der Waals surface area contributed by atoms with Crippen molar-refractivity contribution in [2.75, 3.05) is 41.3 Å². The van der Waals surface area contributed by atoms with Crippen molar-refractivity contribution < 1.29 is 34.6 Å². The summed E-state index contributed by atoms with van der Waals surface area (Å²) in [7, 11) is 8.88. The van der Waals surface area contributed by atoms with E-state index in [9.17, 15) is 0 Å². The van der Waals surface area contributed by atoms with Gasteiger partial charge in [-0.1, -0.05) is 0 Å². The Morgan fingerprint density at radius 1 is 0.615 bits per heavy atom. The van der Waals surface area contributed by atoms with Crippen molar-refractivity contribution >= 4 is 0 Å². The molecule has 0 aromatic heterocycles. The Kier molecular flexibility index (Phi) is 18.4. The standard InChI is InChI=1S/C9H22N2.2ClH/c1-10(2)8-6-5-7-9-11(3)4;;/h5-9H2,1-4H3;2*1H. The van der Waals surface area contributed by atoms with Gasteiger partial charge in [-0.25, -0.2) is 0 Å². The van der Waals surface area contributed by atoms with E-state index < -0.39 is 0 Å². The van der Waals surface area contributed by atoms with Crippen molar-refractivity contribution in [1.29, 1.82) is 0 Å². The van der Waals surface area contributed by atoms with Crippen LogP contribution in [0.15, 0.2) is 0 Å². The summed E-state index contributed by atoms with van der Waals surface area (Å²) in [5, 5.41) is 0. The molecule has 0 bridgehead atoms. The van der Waals surface area contributed by atoms with Crippen LogP contribution >= 0.6 is 0 Å². The first-order valence-corrected chi connectivity index (χ1v) is 4.71. The van der Waals surface area contributed by atoms with Gasteiger partial charge in [0.25, 0.3) is 0 Å². The Bertz CT molecular complexity index is 77.7. The highest BCUT2D eigenvalue weighted by Crippen LogP contribution is 1.88. The molecule has 0 aromatic rings. The number of halogens is 2. The SMILES string of the molecule is C[NH+](C)CCCCC[NH+](C)C.[Cl-].[Cl-]. The summed E-state index contributed by atoms with van der Waals surface area (Å²) >= 11 is 0. The first-order chi connectivity index (χ1) is 5.13. The fourth-order valence-electron chi connectivity index (χ4n) is 1.13. The number of unbranched alkanes of at least 4 members (excludes halogenated alkanes) is 2. The highest BCUT2D eigenvalue weighted by Gasteiger charge is 1.96. The van der Waals surface area contributed by atoms with Crippen LogP contribution in [0, 0.1) is 0 Å². The summed E-state index contributed by atoms with van der Waals surface area (Å²) < 4.78 is 0. The predicted molar refractivity (Wildman–Crippen MR) is 49.2 cm³/mol. The zero-order valence-corrected chi connectivity index (χ0v) is 10.8. The summed E-state index contributed by atoms with van der Waals surface area (Å²) in [5.74, 6) is 0. The van der Waals surface area contributed by atoms with E-state index in [4.69, 9.17) is 0 Å². The van der Waals surface area contributed by atoms with Crippen LogP contribution in [0.3, 0.4) is 0 Å². The fourth-order valence-corrected chi connectivity index (χ4v) is 1.13. The topological polar surface area (TPSA) is 8.88 Å². The van der Waals surface area contributed by atoms with Crippen LogP contribution in [-0.4, -0.2) is 41.3 Å². The largest absolute Gasteiger partial charge is 1.00 e. The highest BCUT2D eigenvalue weighted by molar-refractivity contribution is 4.36. The minimum Gasteiger partial charge on any atom is -1.00 e. The van der Waals surface area contributed by atoms with Crippen LogP contribution in [-0.2, 0) is 0 Å². The quantitative estimate of drug-likeness (QED) is 0.420. The molecule has 0 saturated heterocycles. The third-order valence-electron chi connectivity index (χ3n) is 1.85. The second kappa shape index (κ2) is 12.5. The van der Waals surface area contributed by atoms with Gasteiger partial charge < -0.3 is 34.6 Å². The molecule has 0 heterocycles. The molecule has 0 unspecified atom stereocenters. The average molecular weight is 231 g/mol. The third-order valence-corrected chi connectivity index (χ3v) is 1.85. The van der Waals surface area contributed by atoms with Gasteiger partial charge in [-0.15, -0.1) is 0 Å². The molecule has 0 atom stereocenters. The molecule has 2 N–H and O–H groups in total. The van der Waals surface area contributed by atoms with Crippen molar-refractivity contribution in [2.24, 2.45) is 0 Å². The minimum absolute atomic E-state index is 0. The molecule has 0 aliphatic heterocycles. The number of rotatable bonds is 6. The Balaban J connectivity index is -0.000000500. The van der Waals surface area contributed by atoms with E-state index in [0.717, 1.165) is 0 Å². The van der Waals surface area contributed by atoms with E-state index in [1.54, 1.807) is 9.80 Å². The molecule has 13 heavy (non-hydrogen) atoms. The maximum atomic E-state index is 2.22. The van der Waals surface area contributed by atoms with Gasteiger partial charge in [0.05, 0.1) is 41.3 Å². The monoisotopic (exact) mass is 230 g/mol. The van der Waals surface area contributed by atoms with Crippen LogP contribution in [0.25, 0.3) is 0 Å². The van der Waals surface area contributed by atoms with Gasteiger partial charge in [0.1, 0.15) is 0 Å². The highest BCUT2D eigenvalue weighted by atomic mass is 35.5. The molecule has 84 valence electrons. The van der Waals surface area contributed by atoms with Crippen LogP contribution < -0.4 is 34.6 Å². The van der Waals surface area contributed by atoms with Gasteiger partial charge in [-0.3, -0.25) is 0 Å². The van der Waals surface area contributed by atoms with E-state index in [0.29, 0.717) is 0 Å². The summed E-state index contributed by atoms with van der Waals surface area (Å²) in [6.07, 6.45) is 4.17. The van der Waals surface area contributed by atoms with Crippen LogP contribution in [0.2, 0.25) is 0 Å². The Labute approximate surface area is 95.5 Å².